The number of nitrogens with zero attached hydrogens (tertiary/aromatic N) is 4. The van der Waals surface area contributed by atoms with E-state index in [1.165, 1.54) is 5.56 Å². The Balaban J connectivity index is 1.62. The van der Waals surface area contributed by atoms with Crippen LogP contribution in [0, 0.1) is 0 Å². The molecule has 0 unspecified atom stereocenters. The van der Waals surface area contributed by atoms with E-state index in [1.807, 2.05) is 29.9 Å². The van der Waals surface area contributed by atoms with E-state index in [2.05, 4.69) is 17.2 Å². The van der Waals surface area contributed by atoms with Crippen LogP contribution in [0.2, 0.25) is 0 Å². The minimum Gasteiger partial charge on any atom is -0.267 e. The summed E-state index contributed by atoms with van der Waals surface area (Å²) in [6, 6.07) is 10.2. The second-order valence-corrected chi connectivity index (χ2v) is 8.70. The van der Waals surface area contributed by atoms with Gasteiger partial charge in [-0.25, -0.2) is 0 Å². The average molecular weight is 360 g/mol. The first kappa shape index (κ1) is 16.8. The van der Waals surface area contributed by atoms with Crippen LogP contribution >= 0.6 is 0 Å². The lowest BCUT2D eigenvalue weighted by molar-refractivity contribution is 0.368. The maximum Gasteiger partial charge on any atom is 0.281 e. The minimum absolute atomic E-state index is 0.511. The summed E-state index contributed by atoms with van der Waals surface area (Å²) in [4.78, 5) is 0. The van der Waals surface area contributed by atoms with Crippen molar-refractivity contribution in [2.75, 3.05) is 26.2 Å². The maximum atomic E-state index is 12.9. The quantitative estimate of drug-likeness (QED) is 0.839. The van der Waals surface area contributed by atoms with Crippen molar-refractivity contribution in [3.8, 4) is 11.3 Å². The van der Waals surface area contributed by atoms with Gasteiger partial charge in [0.05, 0.1) is 11.4 Å². The lowest BCUT2D eigenvalue weighted by atomic mass is 10.0. The van der Waals surface area contributed by atoms with Gasteiger partial charge >= 0.3 is 0 Å². The topological polar surface area (TPSA) is 58.4 Å². The van der Waals surface area contributed by atoms with Gasteiger partial charge in [-0.2, -0.15) is 22.1 Å². The summed E-state index contributed by atoms with van der Waals surface area (Å²) in [6.45, 7) is 2.34. The number of benzene rings is 1. The SMILES string of the molecule is Cn1nc2c(c1-c1ccccc1)CCN(S(=O)(=O)N1CCCC1)CC2. The summed E-state index contributed by atoms with van der Waals surface area (Å²) >= 11 is 0. The zero-order valence-corrected chi connectivity index (χ0v) is 15.4. The predicted molar refractivity (Wildman–Crippen MR) is 97.4 cm³/mol. The molecule has 1 aromatic carbocycles. The Morgan fingerprint density at radius 1 is 0.920 bits per heavy atom. The first-order chi connectivity index (χ1) is 12.1. The highest BCUT2D eigenvalue weighted by atomic mass is 32.2. The first-order valence-corrected chi connectivity index (χ1v) is 10.3. The number of fused-ring (bicyclic) bond motifs is 1. The van der Waals surface area contributed by atoms with Gasteiger partial charge in [0.25, 0.3) is 10.2 Å². The van der Waals surface area contributed by atoms with Gasteiger partial charge in [0, 0.05) is 50.8 Å². The van der Waals surface area contributed by atoms with E-state index < -0.39 is 10.2 Å². The van der Waals surface area contributed by atoms with Crippen LogP contribution < -0.4 is 0 Å². The molecule has 0 amide bonds. The van der Waals surface area contributed by atoms with E-state index >= 15 is 0 Å². The van der Waals surface area contributed by atoms with Crippen LogP contribution in [0.3, 0.4) is 0 Å². The molecule has 2 aliphatic heterocycles. The number of hydrogen-bond acceptors (Lipinski definition) is 3. The molecule has 0 saturated carbocycles. The summed E-state index contributed by atoms with van der Waals surface area (Å²) in [7, 11) is -1.37. The standard InChI is InChI=1S/C18H24N4O2S/c1-20-18(15-7-3-2-4-8-15)16-9-13-22(14-10-17(16)19-20)25(23,24)21-11-5-6-12-21/h2-4,7-8H,5-6,9-14H2,1H3. The van der Waals surface area contributed by atoms with Crippen LogP contribution in [-0.2, 0) is 30.1 Å². The normalized spacial score (nSPS) is 19.7. The molecule has 25 heavy (non-hydrogen) atoms. The lowest BCUT2D eigenvalue weighted by Crippen LogP contribution is -2.43. The van der Waals surface area contributed by atoms with E-state index in [0.29, 0.717) is 39.0 Å². The first-order valence-electron chi connectivity index (χ1n) is 8.93. The second kappa shape index (κ2) is 6.55. The third-order valence-electron chi connectivity index (χ3n) is 5.20. The van der Waals surface area contributed by atoms with Crippen LogP contribution in [-0.4, -0.2) is 53.0 Å². The molecule has 1 fully saturated rings. The van der Waals surface area contributed by atoms with E-state index in [9.17, 15) is 8.42 Å². The van der Waals surface area contributed by atoms with E-state index in [1.54, 1.807) is 8.61 Å². The summed E-state index contributed by atoms with van der Waals surface area (Å²) < 4.78 is 30.9. The van der Waals surface area contributed by atoms with Gasteiger partial charge in [-0.1, -0.05) is 30.3 Å². The highest BCUT2D eigenvalue weighted by Crippen LogP contribution is 2.29. The molecule has 134 valence electrons. The van der Waals surface area contributed by atoms with Gasteiger partial charge in [-0.05, 0) is 19.3 Å². The second-order valence-electron chi connectivity index (χ2n) is 6.78. The molecular formula is C18H24N4O2S. The van der Waals surface area contributed by atoms with Crippen LogP contribution in [0.25, 0.3) is 11.3 Å². The molecule has 2 aromatic rings. The third-order valence-corrected chi connectivity index (χ3v) is 7.24. The van der Waals surface area contributed by atoms with E-state index in [0.717, 1.165) is 29.8 Å². The maximum absolute atomic E-state index is 12.9. The van der Waals surface area contributed by atoms with Crippen LogP contribution in [0.1, 0.15) is 24.1 Å². The summed E-state index contributed by atoms with van der Waals surface area (Å²) in [5.74, 6) is 0. The lowest BCUT2D eigenvalue weighted by Gasteiger charge is -2.25. The highest BCUT2D eigenvalue weighted by molar-refractivity contribution is 7.86. The van der Waals surface area contributed by atoms with Crippen LogP contribution in [0.15, 0.2) is 30.3 Å². The Bertz CT molecular complexity index is 855. The van der Waals surface area contributed by atoms with E-state index in [4.69, 9.17) is 0 Å². The number of aryl methyl sites for hydroxylation is 1. The summed E-state index contributed by atoms with van der Waals surface area (Å²) in [5, 5.41) is 4.68. The zero-order chi connectivity index (χ0) is 17.4. The third kappa shape index (κ3) is 3.01. The molecule has 0 radical (unpaired) electrons. The minimum atomic E-state index is -3.34. The predicted octanol–water partition coefficient (Wildman–Crippen LogP) is 1.83. The molecule has 0 aliphatic carbocycles. The Hall–Kier alpha value is -1.70. The van der Waals surface area contributed by atoms with Crippen molar-refractivity contribution in [2.24, 2.45) is 7.05 Å². The molecule has 7 heteroatoms. The fourth-order valence-electron chi connectivity index (χ4n) is 3.94. The van der Waals surface area contributed by atoms with Crippen molar-refractivity contribution < 1.29 is 8.42 Å². The fourth-order valence-corrected chi connectivity index (χ4v) is 5.63. The highest BCUT2D eigenvalue weighted by Gasteiger charge is 2.33. The van der Waals surface area contributed by atoms with Gasteiger partial charge in [0.2, 0.25) is 0 Å². The molecule has 0 bridgehead atoms. The van der Waals surface area contributed by atoms with Crippen molar-refractivity contribution >= 4 is 10.2 Å². The molecule has 3 heterocycles. The Kier molecular flexibility index (Phi) is 4.39. The van der Waals surface area contributed by atoms with Crippen LogP contribution in [0.4, 0.5) is 0 Å². The smallest absolute Gasteiger partial charge is 0.267 e. The van der Waals surface area contributed by atoms with Crippen molar-refractivity contribution in [3.05, 3.63) is 41.6 Å². The largest absolute Gasteiger partial charge is 0.281 e. The number of hydrogen-bond donors (Lipinski definition) is 0. The molecule has 0 atom stereocenters. The fraction of sp³-hybridized carbons (Fsp3) is 0.500. The molecular weight excluding hydrogens is 336 g/mol. The van der Waals surface area contributed by atoms with Crippen molar-refractivity contribution in [3.63, 3.8) is 0 Å². The van der Waals surface area contributed by atoms with Gasteiger partial charge in [-0.15, -0.1) is 0 Å². The Morgan fingerprint density at radius 3 is 2.28 bits per heavy atom. The molecule has 2 aliphatic rings. The molecule has 0 N–H and O–H groups in total. The average Bonchev–Trinajstić information content (AvgIpc) is 3.20. The number of aromatic nitrogens is 2. The van der Waals surface area contributed by atoms with Crippen molar-refractivity contribution in [1.82, 2.24) is 18.4 Å². The van der Waals surface area contributed by atoms with Gasteiger partial charge in [-0.3, -0.25) is 4.68 Å². The molecule has 6 nitrogen and oxygen atoms in total. The van der Waals surface area contributed by atoms with Crippen molar-refractivity contribution in [2.45, 2.75) is 25.7 Å². The van der Waals surface area contributed by atoms with E-state index in [-0.39, 0.29) is 0 Å². The number of rotatable bonds is 3. The zero-order valence-electron chi connectivity index (χ0n) is 14.6. The van der Waals surface area contributed by atoms with Crippen molar-refractivity contribution in [1.29, 1.82) is 0 Å². The summed E-state index contributed by atoms with van der Waals surface area (Å²) in [5.41, 5.74) is 4.46. The molecule has 1 aromatic heterocycles. The Labute approximate surface area is 149 Å². The van der Waals surface area contributed by atoms with Gasteiger partial charge in [0.15, 0.2) is 0 Å². The monoisotopic (exact) mass is 360 g/mol. The summed E-state index contributed by atoms with van der Waals surface area (Å²) in [6.07, 6.45) is 3.31. The Morgan fingerprint density at radius 2 is 1.56 bits per heavy atom. The van der Waals surface area contributed by atoms with Gasteiger partial charge < -0.3 is 0 Å². The molecule has 0 spiro atoms. The van der Waals surface area contributed by atoms with Crippen LogP contribution in [0.5, 0.6) is 0 Å². The molecule has 1 saturated heterocycles. The van der Waals surface area contributed by atoms with Gasteiger partial charge in [0.1, 0.15) is 0 Å². The molecule has 4 rings (SSSR count).